The Hall–Kier alpha value is -2.32. The summed E-state index contributed by atoms with van der Waals surface area (Å²) < 4.78 is 11.9. The number of benzene rings is 2. The highest BCUT2D eigenvalue weighted by molar-refractivity contribution is 5.58. The normalized spacial score (nSPS) is 13.4. The van der Waals surface area contributed by atoms with Gasteiger partial charge in [-0.3, -0.25) is 0 Å². The molecule has 2 unspecified atom stereocenters. The summed E-state index contributed by atoms with van der Waals surface area (Å²) in [6, 6.07) is 8.11. The number of rotatable bonds is 13. The lowest BCUT2D eigenvalue weighted by molar-refractivity contribution is 0.136. The molecule has 7 nitrogen and oxygen atoms in total. The molecule has 2 rings (SSSR count). The molecular formula is C27H40O7. The quantitative estimate of drug-likeness (QED) is 0.296. The van der Waals surface area contributed by atoms with Gasteiger partial charge in [0, 0.05) is 22.3 Å². The molecule has 34 heavy (non-hydrogen) atoms. The lowest BCUT2D eigenvalue weighted by Crippen LogP contribution is -2.22. The maximum absolute atomic E-state index is 10.3. The average molecular weight is 477 g/mol. The van der Waals surface area contributed by atoms with E-state index < -0.39 is 26.4 Å². The topological polar surface area (TPSA) is 120 Å². The molecule has 190 valence electrons. The van der Waals surface area contributed by atoms with E-state index in [0.717, 1.165) is 6.42 Å². The number of aromatic hydroxyl groups is 1. The van der Waals surface area contributed by atoms with Crippen LogP contribution in [-0.2, 0) is 26.4 Å². The molecule has 0 aliphatic rings. The first-order chi connectivity index (χ1) is 16.2. The van der Waals surface area contributed by atoms with Crippen molar-refractivity contribution in [3.05, 3.63) is 52.1 Å². The summed E-state index contributed by atoms with van der Waals surface area (Å²) in [4.78, 5) is 0. The molecule has 0 saturated heterocycles. The van der Waals surface area contributed by atoms with Crippen LogP contribution in [0.15, 0.2) is 24.3 Å². The van der Waals surface area contributed by atoms with Crippen LogP contribution in [0.5, 0.6) is 17.2 Å². The second kappa shape index (κ2) is 13.0. The number of hydrogen-bond acceptors (Lipinski definition) is 7. The van der Waals surface area contributed by atoms with Crippen molar-refractivity contribution in [1.82, 2.24) is 0 Å². The highest BCUT2D eigenvalue weighted by Gasteiger charge is 2.24. The zero-order valence-electron chi connectivity index (χ0n) is 20.9. The standard InChI is InChI=1S/C27H40O7/c1-16(2)10-21(17(3)4)19-6-8-20(9-7-19)34-18(5)15-33-27-24(13-30)22(11-28)26(32)23(12-29)25(27)14-31/h6-9,16-18,21,28-32H,10-15H2,1-5H3. The predicted molar refractivity (Wildman–Crippen MR) is 131 cm³/mol. The van der Waals surface area contributed by atoms with Crippen LogP contribution in [0, 0.1) is 11.8 Å². The minimum atomic E-state index is -0.552. The van der Waals surface area contributed by atoms with Gasteiger partial charge >= 0.3 is 0 Å². The van der Waals surface area contributed by atoms with Gasteiger partial charge in [-0.05, 0) is 48.8 Å². The van der Waals surface area contributed by atoms with Crippen LogP contribution in [-0.4, -0.2) is 38.2 Å². The van der Waals surface area contributed by atoms with Crippen molar-refractivity contribution in [2.45, 2.75) is 79.5 Å². The van der Waals surface area contributed by atoms with Crippen molar-refractivity contribution in [2.75, 3.05) is 6.61 Å². The van der Waals surface area contributed by atoms with Crippen LogP contribution < -0.4 is 9.47 Å². The van der Waals surface area contributed by atoms with E-state index in [0.29, 0.717) is 23.5 Å². The van der Waals surface area contributed by atoms with Gasteiger partial charge in [0.05, 0.1) is 26.4 Å². The Morgan fingerprint density at radius 1 is 0.735 bits per heavy atom. The van der Waals surface area contributed by atoms with Crippen LogP contribution in [0.2, 0.25) is 0 Å². The Morgan fingerprint density at radius 3 is 1.65 bits per heavy atom. The van der Waals surface area contributed by atoms with Crippen LogP contribution in [0.4, 0.5) is 0 Å². The van der Waals surface area contributed by atoms with Crippen LogP contribution >= 0.6 is 0 Å². The molecular weight excluding hydrogens is 436 g/mol. The van der Waals surface area contributed by atoms with Gasteiger partial charge in [-0.15, -0.1) is 0 Å². The molecule has 0 aromatic heterocycles. The lowest BCUT2D eigenvalue weighted by Gasteiger charge is -2.24. The van der Waals surface area contributed by atoms with E-state index in [1.807, 2.05) is 19.1 Å². The summed E-state index contributed by atoms with van der Waals surface area (Å²) in [7, 11) is 0. The molecule has 0 bridgehead atoms. The first-order valence-corrected chi connectivity index (χ1v) is 11.9. The smallest absolute Gasteiger partial charge is 0.131 e. The fourth-order valence-electron chi connectivity index (χ4n) is 4.34. The molecule has 0 heterocycles. The van der Waals surface area contributed by atoms with E-state index in [4.69, 9.17) is 9.47 Å². The van der Waals surface area contributed by atoms with Gasteiger partial charge in [-0.1, -0.05) is 39.8 Å². The summed E-state index contributed by atoms with van der Waals surface area (Å²) in [5.41, 5.74) is 1.75. The van der Waals surface area contributed by atoms with Crippen molar-refractivity contribution in [3.63, 3.8) is 0 Å². The third kappa shape index (κ3) is 6.63. The summed E-state index contributed by atoms with van der Waals surface area (Å²) in [6.45, 7) is 8.75. The Kier molecular flexibility index (Phi) is 10.6. The molecule has 2 aromatic rings. The first kappa shape index (κ1) is 27.9. The zero-order chi connectivity index (χ0) is 25.4. The number of phenols is 1. The third-order valence-corrected chi connectivity index (χ3v) is 6.12. The Labute approximate surface area is 202 Å². The van der Waals surface area contributed by atoms with E-state index in [9.17, 15) is 25.5 Å². The number of aliphatic hydroxyl groups is 4. The van der Waals surface area contributed by atoms with Crippen molar-refractivity contribution in [3.8, 4) is 17.2 Å². The highest BCUT2D eigenvalue weighted by Crippen LogP contribution is 2.39. The van der Waals surface area contributed by atoms with Crippen LogP contribution in [0.3, 0.4) is 0 Å². The molecule has 5 N–H and O–H groups in total. The van der Waals surface area contributed by atoms with Gasteiger partial charge in [0.25, 0.3) is 0 Å². The maximum Gasteiger partial charge on any atom is 0.131 e. The molecule has 0 spiro atoms. The van der Waals surface area contributed by atoms with E-state index >= 15 is 0 Å². The van der Waals surface area contributed by atoms with E-state index in [2.05, 4.69) is 39.8 Å². The first-order valence-electron chi connectivity index (χ1n) is 11.9. The Morgan fingerprint density at radius 2 is 1.24 bits per heavy atom. The van der Waals surface area contributed by atoms with Crippen molar-refractivity contribution < 1.29 is 35.0 Å². The zero-order valence-corrected chi connectivity index (χ0v) is 20.9. The van der Waals surface area contributed by atoms with Crippen molar-refractivity contribution in [1.29, 1.82) is 0 Å². The fraction of sp³-hybridized carbons (Fsp3) is 0.556. The number of hydrogen-bond donors (Lipinski definition) is 5. The highest BCUT2D eigenvalue weighted by atomic mass is 16.5. The Balaban J connectivity index is 2.17. The molecule has 0 radical (unpaired) electrons. The van der Waals surface area contributed by atoms with E-state index in [-0.39, 0.29) is 46.5 Å². The predicted octanol–water partition coefficient (Wildman–Crippen LogP) is 3.99. The van der Waals surface area contributed by atoms with Gasteiger partial charge in [0.1, 0.15) is 30.0 Å². The second-order valence-corrected chi connectivity index (χ2v) is 9.51. The minimum Gasteiger partial charge on any atom is -0.507 e. The van der Waals surface area contributed by atoms with E-state index in [1.165, 1.54) is 5.56 Å². The molecule has 2 aromatic carbocycles. The van der Waals surface area contributed by atoms with Gasteiger partial charge in [-0.25, -0.2) is 0 Å². The minimum absolute atomic E-state index is 0.0593. The average Bonchev–Trinajstić information content (AvgIpc) is 2.80. The summed E-state index contributed by atoms with van der Waals surface area (Å²) in [5, 5.41) is 49.3. The molecule has 0 aliphatic carbocycles. The van der Waals surface area contributed by atoms with Crippen molar-refractivity contribution in [2.24, 2.45) is 11.8 Å². The molecule has 0 fully saturated rings. The maximum atomic E-state index is 10.3. The summed E-state index contributed by atoms with van der Waals surface area (Å²) in [6.07, 6.45) is 0.755. The van der Waals surface area contributed by atoms with Crippen molar-refractivity contribution >= 4 is 0 Å². The van der Waals surface area contributed by atoms with Crippen LogP contribution in [0.25, 0.3) is 0 Å². The molecule has 2 atom stereocenters. The summed E-state index contributed by atoms with van der Waals surface area (Å²) in [5.74, 6) is 2.13. The SMILES string of the molecule is CC(C)CC(c1ccc(OC(C)COc2c(CO)c(CO)c(O)c(CO)c2CO)cc1)C(C)C. The fourth-order valence-corrected chi connectivity index (χ4v) is 4.34. The second-order valence-electron chi connectivity index (χ2n) is 9.51. The monoisotopic (exact) mass is 476 g/mol. The molecule has 7 heteroatoms. The van der Waals surface area contributed by atoms with Gasteiger partial charge in [0.15, 0.2) is 0 Å². The number of aliphatic hydroxyl groups excluding tert-OH is 4. The van der Waals surface area contributed by atoms with Crippen LogP contribution in [0.1, 0.15) is 74.8 Å². The summed E-state index contributed by atoms with van der Waals surface area (Å²) >= 11 is 0. The van der Waals surface area contributed by atoms with E-state index in [1.54, 1.807) is 0 Å². The number of ether oxygens (including phenoxy) is 2. The third-order valence-electron chi connectivity index (χ3n) is 6.12. The van der Waals surface area contributed by atoms with Gasteiger partial charge in [-0.2, -0.15) is 0 Å². The van der Waals surface area contributed by atoms with Gasteiger partial charge < -0.3 is 35.0 Å². The van der Waals surface area contributed by atoms with Gasteiger partial charge in [0.2, 0.25) is 0 Å². The molecule has 0 amide bonds. The Bertz CT molecular complexity index is 873. The lowest BCUT2D eigenvalue weighted by atomic mass is 9.82. The molecule has 0 aliphatic heterocycles. The largest absolute Gasteiger partial charge is 0.507 e. The molecule has 0 saturated carbocycles.